The standard InChI is InChI=1S/C11H12N2O/c1-9(14)13-8-4-6-10-5-2-3-7-11(10)12/h2-3,5,7H,8,12H2,1H3,(H,13,14). The average molecular weight is 188 g/mol. The lowest BCUT2D eigenvalue weighted by atomic mass is 10.2. The Kier molecular flexibility index (Phi) is 3.57. The molecule has 3 N–H and O–H groups in total. The maximum atomic E-state index is 10.5. The number of hydrogen-bond acceptors (Lipinski definition) is 2. The lowest BCUT2D eigenvalue weighted by Gasteiger charge is -1.95. The summed E-state index contributed by atoms with van der Waals surface area (Å²) in [6.45, 7) is 1.81. The highest BCUT2D eigenvalue weighted by Gasteiger charge is 1.90. The first-order chi connectivity index (χ1) is 6.70. The second kappa shape index (κ2) is 4.93. The van der Waals surface area contributed by atoms with E-state index in [2.05, 4.69) is 17.2 Å². The molecule has 0 aliphatic carbocycles. The van der Waals surface area contributed by atoms with Crippen molar-refractivity contribution >= 4 is 11.6 Å². The summed E-state index contributed by atoms with van der Waals surface area (Å²) in [5.74, 6) is 5.61. The average Bonchev–Trinajstić information content (AvgIpc) is 2.15. The van der Waals surface area contributed by atoms with Gasteiger partial charge >= 0.3 is 0 Å². The Morgan fingerprint density at radius 2 is 2.21 bits per heavy atom. The molecular weight excluding hydrogens is 176 g/mol. The molecule has 0 heterocycles. The Bertz CT molecular complexity index is 388. The minimum absolute atomic E-state index is 0.0830. The number of hydrogen-bond donors (Lipinski definition) is 2. The van der Waals surface area contributed by atoms with Crippen molar-refractivity contribution in [1.29, 1.82) is 0 Å². The summed E-state index contributed by atoms with van der Waals surface area (Å²) in [5, 5.41) is 2.58. The van der Waals surface area contributed by atoms with E-state index in [9.17, 15) is 4.79 Å². The van der Waals surface area contributed by atoms with Crippen molar-refractivity contribution in [3.05, 3.63) is 29.8 Å². The van der Waals surface area contributed by atoms with Crippen LogP contribution < -0.4 is 11.1 Å². The van der Waals surface area contributed by atoms with Crippen LogP contribution in [0, 0.1) is 11.8 Å². The highest BCUT2D eigenvalue weighted by atomic mass is 16.1. The molecule has 0 saturated heterocycles. The summed E-state index contributed by atoms with van der Waals surface area (Å²) >= 11 is 0. The Balaban J connectivity index is 2.59. The number of carbonyl (C=O) groups is 1. The van der Waals surface area contributed by atoms with Crippen LogP contribution in [-0.2, 0) is 4.79 Å². The van der Waals surface area contributed by atoms with Crippen LogP contribution in [0.5, 0.6) is 0 Å². The zero-order valence-corrected chi connectivity index (χ0v) is 8.00. The van der Waals surface area contributed by atoms with E-state index in [0.717, 1.165) is 5.56 Å². The van der Waals surface area contributed by atoms with E-state index in [1.807, 2.05) is 18.2 Å². The van der Waals surface area contributed by atoms with Gasteiger partial charge in [0.1, 0.15) is 0 Å². The smallest absolute Gasteiger partial charge is 0.217 e. The molecule has 0 saturated carbocycles. The Morgan fingerprint density at radius 1 is 1.50 bits per heavy atom. The van der Waals surface area contributed by atoms with Crippen LogP contribution in [0.15, 0.2) is 24.3 Å². The molecule has 0 spiro atoms. The minimum atomic E-state index is -0.0830. The van der Waals surface area contributed by atoms with Crippen molar-refractivity contribution in [3.63, 3.8) is 0 Å². The van der Waals surface area contributed by atoms with Gasteiger partial charge in [0, 0.05) is 18.2 Å². The molecule has 1 rings (SSSR count). The van der Waals surface area contributed by atoms with Crippen LogP contribution in [0.2, 0.25) is 0 Å². The molecule has 1 aromatic rings. The van der Waals surface area contributed by atoms with E-state index in [1.165, 1.54) is 6.92 Å². The van der Waals surface area contributed by atoms with Crippen LogP contribution in [0.1, 0.15) is 12.5 Å². The first kappa shape index (κ1) is 10.1. The maximum absolute atomic E-state index is 10.5. The fourth-order valence-corrected chi connectivity index (χ4v) is 0.919. The Labute approximate surface area is 83.3 Å². The number of amides is 1. The number of benzene rings is 1. The molecule has 0 radical (unpaired) electrons. The monoisotopic (exact) mass is 188 g/mol. The van der Waals surface area contributed by atoms with Crippen molar-refractivity contribution in [1.82, 2.24) is 5.32 Å². The lowest BCUT2D eigenvalue weighted by Crippen LogP contribution is -2.19. The molecule has 0 atom stereocenters. The lowest BCUT2D eigenvalue weighted by molar-refractivity contribution is -0.118. The summed E-state index contributed by atoms with van der Waals surface area (Å²) in [6.07, 6.45) is 0. The van der Waals surface area contributed by atoms with E-state index < -0.39 is 0 Å². The molecule has 0 aliphatic heterocycles. The van der Waals surface area contributed by atoms with Gasteiger partial charge in [0.05, 0.1) is 6.54 Å². The van der Waals surface area contributed by atoms with E-state index in [-0.39, 0.29) is 5.91 Å². The number of nitrogens with two attached hydrogens (primary N) is 1. The summed E-state index contributed by atoms with van der Waals surface area (Å²) in [7, 11) is 0. The highest BCUT2D eigenvalue weighted by molar-refractivity contribution is 5.73. The van der Waals surface area contributed by atoms with Gasteiger partial charge in [-0.3, -0.25) is 4.79 Å². The van der Waals surface area contributed by atoms with Crippen molar-refractivity contribution in [3.8, 4) is 11.8 Å². The Hall–Kier alpha value is -1.95. The normalized spacial score (nSPS) is 8.64. The second-order valence-corrected chi connectivity index (χ2v) is 2.80. The highest BCUT2D eigenvalue weighted by Crippen LogP contribution is 2.07. The van der Waals surface area contributed by atoms with E-state index >= 15 is 0 Å². The van der Waals surface area contributed by atoms with Crippen LogP contribution in [0.25, 0.3) is 0 Å². The van der Waals surface area contributed by atoms with Crippen molar-refractivity contribution in [2.24, 2.45) is 0 Å². The number of rotatable bonds is 1. The third-order valence-corrected chi connectivity index (χ3v) is 1.61. The molecule has 1 amide bonds. The quantitative estimate of drug-likeness (QED) is 0.505. The fraction of sp³-hybridized carbons (Fsp3) is 0.182. The molecule has 3 heteroatoms. The third kappa shape index (κ3) is 3.20. The first-order valence-corrected chi connectivity index (χ1v) is 4.28. The molecule has 0 unspecified atom stereocenters. The van der Waals surface area contributed by atoms with E-state index in [0.29, 0.717) is 12.2 Å². The zero-order valence-electron chi connectivity index (χ0n) is 8.00. The van der Waals surface area contributed by atoms with Gasteiger partial charge in [-0.05, 0) is 12.1 Å². The first-order valence-electron chi connectivity index (χ1n) is 4.28. The van der Waals surface area contributed by atoms with E-state index in [1.54, 1.807) is 6.07 Å². The van der Waals surface area contributed by atoms with Gasteiger partial charge in [0.15, 0.2) is 0 Å². The van der Waals surface area contributed by atoms with Gasteiger partial charge in [-0.25, -0.2) is 0 Å². The van der Waals surface area contributed by atoms with Gasteiger partial charge in [0.25, 0.3) is 0 Å². The maximum Gasteiger partial charge on any atom is 0.217 e. The van der Waals surface area contributed by atoms with Gasteiger partial charge < -0.3 is 11.1 Å². The predicted octanol–water partition coefficient (Wildman–Crippen LogP) is 0.756. The SMILES string of the molecule is CC(=O)NCC#Cc1ccccc1N. The summed E-state index contributed by atoms with van der Waals surface area (Å²) in [5.41, 5.74) is 7.12. The number of para-hydroxylation sites is 1. The van der Waals surface area contributed by atoms with Crippen molar-refractivity contribution < 1.29 is 4.79 Å². The number of nitrogens with one attached hydrogen (secondary N) is 1. The molecule has 14 heavy (non-hydrogen) atoms. The number of carbonyl (C=O) groups excluding carboxylic acids is 1. The molecule has 0 bridgehead atoms. The predicted molar refractivity (Wildman–Crippen MR) is 56.4 cm³/mol. The van der Waals surface area contributed by atoms with Crippen molar-refractivity contribution in [2.45, 2.75) is 6.92 Å². The van der Waals surface area contributed by atoms with Gasteiger partial charge in [0.2, 0.25) is 5.91 Å². The van der Waals surface area contributed by atoms with Gasteiger partial charge in [-0.2, -0.15) is 0 Å². The zero-order chi connectivity index (χ0) is 10.4. The summed E-state index contributed by atoms with van der Waals surface area (Å²) in [6, 6.07) is 7.37. The molecule has 1 aromatic carbocycles. The molecular formula is C11H12N2O. The van der Waals surface area contributed by atoms with Crippen LogP contribution in [-0.4, -0.2) is 12.5 Å². The van der Waals surface area contributed by atoms with Gasteiger partial charge in [-0.15, -0.1) is 0 Å². The molecule has 72 valence electrons. The summed E-state index contributed by atoms with van der Waals surface area (Å²) in [4.78, 5) is 10.5. The van der Waals surface area contributed by atoms with Gasteiger partial charge in [-0.1, -0.05) is 24.0 Å². The molecule has 0 fully saturated rings. The number of nitrogen functional groups attached to an aromatic ring is 1. The fourth-order valence-electron chi connectivity index (χ4n) is 0.919. The van der Waals surface area contributed by atoms with Crippen molar-refractivity contribution in [2.75, 3.05) is 12.3 Å². The molecule has 3 nitrogen and oxygen atoms in total. The van der Waals surface area contributed by atoms with Crippen LogP contribution >= 0.6 is 0 Å². The topological polar surface area (TPSA) is 55.1 Å². The third-order valence-electron chi connectivity index (χ3n) is 1.61. The largest absolute Gasteiger partial charge is 0.398 e. The van der Waals surface area contributed by atoms with Crippen LogP contribution in [0.4, 0.5) is 5.69 Å². The second-order valence-electron chi connectivity index (χ2n) is 2.80. The Morgan fingerprint density at radius 3 is 2.86 bits per heavy atom. The minimum Gasteiger partial charge on any atom is -0.398 e. The van der Waals surface area contributed by atoms with Crippen LogP contribution in [0.3, 0.4) is 0 Å². The van der Waals surface area contributed by atoms with E-state index in [4.69, 9.17) is 5.73 Å². The number of anilines is 1. The summed E-state index contributed by atoms with van der Waals surface area (Å²) < 4.78 is 0. The molecule has 0 aromatic heterocycles. The molecule has 0 aliphatic rings.